The number of carbonyl (C=O) groups is 1. The van der Waals surface area contributed by atoms with Crippen molar-refractivity contribution < 1.29 is 13.2 Å². The molecule has 2 aromatic rings. The third kappa shape index (κ3) is 5.94. The molecule has 0 bridgehead atoms. The molecule has 1 amide bonds. The molecule has 0 aliphatic carbocycles. The van der Waals surface area contributed by atoms with Gasteiger partial charge in [0.25, 0.3) is 16.1 Å². The summed E-state index contributed by atoms with van der Waals surface area (Å²) in [5, 5.41) is 7.64. The SMILES string of the molecule is NS(=O)(=O)NCCC1CCN(c2ccnc(NC(=O)c3ccncc3)n2)CC1. The van der Waals surface area contributed by atoms with E-state index in [9.17, 15) is 13.2 Å². The van der Waals surface area contributed by atoms with Crippen molar-refractivity contribution in [2.75, 3.05) is 29.9 Å². The third-order valence-electron chi connectivity index (χ3n) is 4.60. The Morgan fingerprint density at radius 3 is 2.57 bits per heavy atom. The van der Waals surface area contributed by atoms with Crippen LogP contribution in [0.5, 0.6) is 0 Å². The fraction of sp³-hybridized carbons (Fsp3) is 0.412. The highest BCUT2D eigenvalue weighted by atomic mass is 32.2. The minimum absolute atomic E-state index is 0.249. The van der Waals surface area contributed by atoms with Gasteiger partial charge in [0.05, 0.1) is 0 Å². The highest BCUT2D eigenvalue weighted by Gasteiger charge is 2.21. The van der Waals surface area contributed by atoms with Crippen molar-refractivity contribution in [3.8, 4) is 0 Å². The van der Waals surface area contributed by atoms with Crippen LogP contribution in [0, 0.1) is 5.92 Å². The molecule has 28 heavy (non-hydrogen) atoms. The molecule has 1 saturated heterocycles. The maximum atomic E-state index is 12.2. The lowest BCUT2D eigenvalue weighted by molar-refractivity contribution is 0.102. The zero-order valence-corrected chi connectivity index (χ0v) is 16.1. The van der Waals surface area contributed by atoms with E-state index in [1.165, 1.54) is 0 Å². The van der Waals surface area contributed by atoms with Crippen LogP contribution in [-0.2, 0) is 10.2 Å². The number of anilines is 2. The fourth-order valence-corrected chi connectivity index (χ4v) is 3.52. The summed E-state index contributed by atoms with van der Waals surface area (Å²) in [7, 11) is -3.63. The number of pyridine rings is 1. The topological polar surface area (TPSA) is 143 Å². The molecule has 2 aromatic heterocycles. The highest BCUT2D eigenvalue weighted by molar-refractivity contribution is 7.87. The van der Waals surface area contributed by atoms with Gasteiger partial charge in [-0.3, -0.25) is 15.1 Å². The van der Waals surface area contributed by atoms with Gasteiger partial charge in [0.15, 0.2) is 0 Å². The molecule has 10 nitrogen and oxygen atoms in total. The zero-order chi connectivity index (χ0) is 20.0. The van der Waals surface area contributed by atoms with Crippen molar-refractivity contribution in [3.05, 3.63) is 42.4 Å². The first-order valence-electron chi connectivity index (χ1n) is 8.97. The number of hydrogen-bond acceptors (Lipinski definition) is 7. The van der Waals surface area contributed by atoms with Crippen LogP contribution in [0.15, 0.2) is 36.8 Å². The Bertz CT molecular complexity index is 900. The Kier molecular flexibility index (Phi) is 6.49. The van der Waals surface area contributed by atoms with E-state index >= 15 is 0 Å². The van der Waals surface area contributed by atoms with Gasteiger partial charge >= 0.3 is 0 Å². The smallest absolute Gasteiger partial charge is 0.274 e. The molecular weight excluding hydrogens is 382 g/mol. The van der Waals surface area contributed by atoms with Crippen molar-refractivity contribution in [2.24, 2.45) is 11.1 Å². The van der Waals surface area contributed by atoms with Crippen molar-refractivity contribution in [1.29, 1.82) is 0 Å². The van der Waals surface area contributed by atoms with Crippen LogP contribution in [0.25, 0.3) is 0 Å². The van der Waals surface area contributed by atoms with E-state index < -0.39 is 10.2 Å². The summed E-state index contributed by atoms with van der Waals surface area (Å²) < 4.78 is 24.2. The highest BCUT2D eigenvalue weighted by Crippen LogP contribution is 2.24. The third-order valence-corrected chi connectivity index (χ3v) is 5.21. The molecule has 0 aromatic carbocycles. The molecule has 0 unspecified atom stereocenters. The fourth-order valence-electron chi connectivity index (χ4n) is 3.12. The summed E-state index contributed by atoms with van der Waals surface area (Å²) in [5.74, 6) is 1.14. The van der Waals surface area contributed by atoms with Gasteiger partial charge in [0.1, 0.15) is 5.82 Å². The largest absolute Gasteiger partial charge is 0.356 e. The van der Waals surface area contributed by atoms with Crippen molar-refractivity contribution in [1.82, 2.24) is 19.7 Å². The van der Waals surface area contributed by atoms with E-state index in [1.54, 1.807) is 30.7 Å². The molecule has 0 radical (unpaired) electrons. The van der Waals surface area contributed by atoms with E-state index in [0.717, 1.165) is 38.2 Å². The van der Waals surface area contributed by atoms with E-state index in [4.69, 9.17) is 5.14 Å². The Balaban J connectivity index is 1.53. The number of piperidine rings is 1. The van der Waals surface area contributed by atoms with Gasteiger partial charge in [0.2, 0.25) is 5.95 Å². The average molecular weight is 405 g/mol. The van der Waals surface area contributed by atoms with Crippen LogP contribution in [0.3, 0.4) is 0 Å². The number of rotatable bonds is 7. The Morgan fingerprint density at radius 2 is 1.89 bits per heavy atom. The first-order chi connectivity index (χ1) is 13.4. The summed E-state index contributed by atoms with van der Waals surface area (Å²) in [4.78, 5) is 26.8. The minimum atomic E-state index is -3.63. The number of amides is 1. The molecule has 1 fully saturated rings. The summed E-state index contributed by atoms with van der Waals surface area (Å²) in [6.45, 7) is 1.95. The first-order valence-corrected chi connectivity index (χ1v) is 10.5. The first kappa shape index (κ1) is 20.1. The van der Waals surface area contributed by atoms with Crippen LogP contribution in [0.1, 0.15) is 29.6 Å². The summed E-state index contributed by atoms with van der Waals surface area (Å²) in [5.41, 5.74) is 0.484. The van der Waals surface area contributed by atoms with Crippen LogP contribution in [0.2, 0.25) is 0 Å². The van der Waals surface area contributed by atoms with Crippen molar-refractivity contribution in [3.63, 3.8) is 0 Å². The van der Waals surface area contributed by atoms with Gasteiger partial charge in [-0.25, -0.2) is 14.8 Å². The maximum absolute atomic E-state index is 12.2. The summed E-state index contributed by atoms with van der Waals surface area (Å²) >= 11 is 0. The van der Waals surface area contributed by atoms with Gasteiger partial charge in [0, 0.05) is 43.8 Å². The number of aromatic nitrogens is 3. The lowest BCUT2D eigenvalue weighted by atomic mass is 9.94. The second kappa shape index (κ2) is 9.04. The molecule has 3 rings (SSSR count). The molecule has 0 spiro atoms. The van der Waals surface area contributed by atoms with Crippen molar-refractivity contribution in [2.45, 2.75) is 19.3 Å². The Hall–Kier alpha value is -2.63. The van der Waals surface area contributed by atoms with Gasteiger partial charge in [-0.1, -0.05) is 0 Å². The van der Waals surface area contributed by atoms with Crippen LogP contribution in [-0.4, -0.2) is 48.9 Å². The van der Waals surface area contributed by atoms with E-state index in [-0.39, 0.29) is 11.9 Å². The summed E-state index contributed by atoms with van der Waals surface area (Å²) in [6.07, 6.45) is 7.32. The number of nitrogens with one attached hydrogen (secondary N) is 2. The molecule has 11 heteroatoms. The molecule has 4 N–H and O–H groups in total. The number of nitrogens with two attached hydrogens (primary N) is 1. The monoisotopic (exact) mass is 405 g/mol. The lowest BCUT2D eigenvalue weighted by Crippen LogP contribution is -2.37. The molecule has 0 saturated carbocycles. The Labute approximate surface area is 163 Å². The van der Waals surface area contributed by atoms with Gasteiger partial charge in [-0.2, -0.15) is 13.4 Å². The average Bonchev–Trinajstić information content (AvgIpc) is 2.68. The zero-order valence-electron chi connectivity index (χ0n) is 15.3. The predicted octanol–water partition coefficient (Wildman–Crippen LogP) is 0.523. The lowest BCUT2D eigenvalue weighted by Gasteiger charge is -2.32. The minimum Gasteiger partial charge on any atom is -0.356 e. The molecule has 1 aliphatic rings. The quantitative estimate of drug-likeness (QED) is 0.609. The molecule has 3 heterocycles. The second-order valence-electron chi connectivity index (χ2n) is 6.59. The molecule has 1 aliphatic heterocycles. The van der Waals surface area contributed by atoms with Gasteiger partial charge in [-0.05, 0) is 43.4 Å². The van der Waals surface area contributed by atoms with Crippen LogP contribution < -0.4 is 20.1 Å². The predicted molar refractivity (Wildman–Crippen MR) is 105 cm³/mol. The normalized spacial score (nSPS) is 15.4. The van der Waals surface area contributed by atoms with E-state index in [0.29, 0.717) is 18.0 Å². The number of hydrogen-bond donors (Lipinski definition) is 3. The van der Waals surface area contributed by atoms with Crippen molar-refractivity contribution >= 4 is 27.9 Å². The Morgan fingerprint density at radius 1 is 1.18 bits per heavy atom. The van der Waals surface area contributed by atoms with E-state index in [1.807, 2.05) is 6.07 Å². The second-order valence-corrected chi connectivity index (χ2v) is 7.97. The van der Waals surface area contributed by atoms with E-state index in [2.05, 4.69) is 29.9 Å². The van der Waals surface area contributed by atoms with Crippen LogP contribution in [0.4, 0.5) is 11.8 Å². The molecular formula is C17H23N7O3S. The van der Waals surface area contributed by atoms with Gasteiger partial charge < -0.3 is 4.90 Å². The molecule has 150 valence electrons. The summed E-state index contributed by atoms with van der Waals surface area (Å²) in [6, 6.07) is 5.05. The molecule has 0 atom stereocenters. The maximum Gasteiger partial charge on any atom is 0.274 e. The number of nitrogens with zero attached hydrogens (tertiary/aromatic N) is 4. The number of carbonyl (C=O) groups excluding carboxylic acids is 1. The van der Waals surface area contributed by atoms with Gasteiger partial charge in [-0.15, -0.1) is 0 Å². The van der Waals surface area contributed by atoms with Crippen LogP contribution >= 0.6 is 0 Å². The standard InChI is InChI=1S/C17H23N7O3S/c18-28(26,27)21-10-1-13-5-11-24(12-6-13)15-4-9-20-17(22-15)23-16(25)14-2-7-19-8-3-14/h2-4,7-9,13,21H,1,5-6,10-12H2,(H2,18,26,27)(H,20,22,23,25).